The zero-order chi connectivity index (χ0) is 18.3. The fourth-order valence-electron chi connectivity index (χ4n) is 2.46. The Hall–Kier alpha value is -1.74. The van der Waals surface area contributed by atoms with Crippen LogP contribution in [0.5, 0.6) is 0 Å². The predicted molar refractivity (Wildman–Crippen MR) is 79.4 cm³/mol. The number of ether oxygens (including phenoxy) is 3. The first-order chi connectivity index (χ1) is 11.3. The number of alkyl halides is 1. The second kappa shape index (κ2) is 9.53. The quantitative estimate of drug-likeness (QED) is 0.632. The third-order valence-electron chi connectivity index (χ3n) is 3.51. The van der Waals surface area contributed by atoms with Crippen LogP contribution in [-0.4, -0.2) is 60.3 Å². The van der Waals surface area contributed by atoms with E-state index < -0.39 is 49.3 Å². The van der Waals surface area contributed by atoms with Crippen molar-refractivity contribution in [2.75, 3.05) is 6.67 Å². The number of esters is 2. The van der Waals surface area contributed by atoms with Crippen LogP contribution in [0.3, 0.4) is 0 Å². The topological polar surface area (TPSA) is 111 Å². The Balaban J connectivity index is 3.00. The van der Waals surface area contributed by atoms with Gasteiger partial charge in [-0.1, -0.05) is 13.3 Å². The molecular formula is C15H24FNO7. The third kappa shape index (κ3) is 5.72. The summed E-state index contributed by atoms with van der Waals surface area (Å²) >= 11 is 0. The summed E-state index contributed by atoms with van der Waals surface area (Å²) in [5.41, 5.74) is 0. The number of aliphatic hydroxyl groups is 1. The number of rotatable bonds is 7. The average molecular weight is 349 g/mol. The van der Waals surface area contributed by atoms with E-state index in [2.05, 4.69) is 5.32 Å². The van der Waals surface area contributed by atoms with Gasteiger partial charge < -0.3 is 24.6 Å². The first-order valence-electron chi connectivity index (χ1n) is 7.83. The summed E-state index contributed by atoms with van der Waals surface area (Å²) in [4.78, 5) is 34.5. The van der Waals surface area contributed by atoms with Gasteiger partial charge in [0, 0.05) is 20.3 Å². The molecule has 8 nitrogen and oxygen atoms in total. The number of nitrogens with one attached hydrogen (secondary N) is 1. The summed E-state index contributed by atoms with van der Waals surface area (Å²) in [7, 11) is 0. The molecule has 0 bridgehead atoms. The second-order valence-electron chi connectivity index (χ2n) is 5.56. The smallest absolute Gasteiger partial charge is 0.303 e. The highest BCUT2D eigenvalue weighted by Crippen LogP contribution is 2.26. The number of carbonyl (C=O) groups excluding carboxylic acids is 3. The first kappa shape index (κ1) is 20.3. The van der Waals surface area contributed by atoms with Crippen LogP contribution >= 0.6 is 0 Å². The molecule has 138 valence electrons. The Kier molecular flexibility index (Phi) is 8.06. The van der Waals surface area contributed by atoms with E-state index in [1.807, 2.05) is 6.92 Å². The molecule has 1 heterocycles. The molecule has 1 aliphatic heterocycles. The summed E-state index contributed by atoms with van der Waals surface area (Å²) in [5, 5.41) is 12.5. The van der Waals surface area contributed by atoms with Crippen molar-refractivity contribution in [1.29, 1.82) is 0 Å². The number of halogens is 1. The number of hydrogen-bond donors (Lipinski definition) is 2. The number of hydrogen-bond acceptors (Lipinski definition) is 7. The maximum Gasteiger partial charge on any atom is 0.303 e. The summed E-state index contributed by atoms with van der Waals surface area (Å²) in [6, 6.07) is -1.18. The lowest BCUT2D eigenvalue weighted by Crippen LogP contribution is -2.65. The maximum atomic E-state index is 13.2. The molecule has 9 heteroatoms. The van der Waals surface area contributed by atoms with Crippen molar-refractivity contribution < 1.29 is 38.1 Å². The van der Waals surface area contributed by atoms with Crippen LogP contribution in [0, 0.1) is 0 Å². The van der Waals surface area contributed by atoms with Crippen molar-refractivity contribution >= 4 is 17.8 Å². The zero-order valence-corrected chi connectivity index (χ0v) is 14.0. The minimum Gasteiger partial charge on any atom is -0.456 e. The van der Waals surface area contributed by atoms with E-state index in [0.717, 1.165) is 20.3 Å². The predicted octanol–water partition coefficient (Wildman–Crippen LogP) is 0.211. The molecule has 0 spiro atoms. The Bertz CT molecular complexity index is 459. The molecule has 1 amide bonds. The molecule has 2 N–H and O–H groups in total. The van der Waals surface area contributed by atoms with Crippen molar-refractivity contribution in [3.63, 3.8) is 0 Å². The van der Waals surface area contributed by atoms with E-state index >= 15 is 0 Å². The average Bonchev–Trinajstić information content (AvgIpc) is 2.50. The molecule has 0 saturated carbocycles. The number of amides is 1. The lowest BCUT2D eigenvalue weighted by atomic mass is 9.96. The van der Waals surface area contributed by atoms with Gasteiger partial charge in [-0.15, -0.1) is 0 Å². The van der Waals surface area contributed by atoms with Crippen LogP contribution in [0.15, 0.2) is 0 Å². The van der Waals surface area contributed by atoms with Crippen LogP contribution in [0.1, 0.15) is 40.0 Å². The molecule has 0 aromatic heterocycles. The molecule has 0 aliphatic carbocycles. The standard InChI is InChI=1S/C15H24FNO7/c1-4-5-6-11(20)17-12-14(23-9(3)19)13(22-8(2)18)10(7-16)24-15(12)21/h10,12-15,21H,4-7H2,1-3H3,(H,17,20)/t10-,12-,13-,14-,15+/m1/s1. The number of unbranched alkanes of at least 4 members (excludes halogenated alkanes) is 1. The lowest BCUT2D eigenvalue weighted by molar-refractivity contribution is -0.260. The van der Waals surface area contributed by atoms with Crippen molar-refractivity contribution in [2.24, 2.45) is 0 Å². The first-order valence-corrected chi connectivity index (χ1v) is 7.83. The van der Waals surface area contributed by atoms with Crippen molar-refractivity contribution in [2.45, 2.75) is 70.7 Å². The summed E-state index contributed by atoms with van der Waals surface area (Å²) in [6.45, 7) is 3.08. The van der Waals surface area contributed by atoms with Crippen LogP contribution in [-0.2, 0) is 28.6 Å². The van der Waals surface area contributed by atoms with Gasteiger partial charge in [-0.25, -0.2) is 4.39 Å². The molecule has 0 radical (unpaired) electrons. The van der Waals surface area contributed by atoms with Gasteiger partial charge >= 0.3 is 11.9 Å². The zero-order valence-electron chi connectivity index (χ0n) is 14.0. The number of aliphatic hydroxyl groups excluding tert-OH is 1. The number of carbonyl (C=O) groups is 3. The van der Waals surface area contributed by atoms with Gasteiger partial charge in [0.05, 0.1) is 0 Å². The Labute approximate surface area is 139 Å². The van der Waals surface area contributed by atoms with Gasteiger partial charge in [-0.2, -0.15) is 0 Å². The van der Waals surface area contributed by atoms with E-state index in [1.54, 1.807) is 0 Å². The minimum absolute atomic E-state index is 0.206. The van der Waals surface area contributed by atoms with Crippen LogP contribution in [0.2, 0.25) is 0 Å². The van der Waals surface area contributed by atoms with Crippen molar-refractivity contribution in [3.8, 4) is 0 Å². The third-order valence-corrected chi connectivity index (χ3v) is 3.51. The van der Waals surface area contributed by atoms with Gasteiger partial charge in [-0.05, 0) is 6.42 Å². The molecule has 0 aromatic rings. The van der Waals surface area contributed by atoms with Crippen molar-refractivity contribution in [1.82, 2.24) is 5.32 Å². The van der Waals surface area contributed by atoms with Gasteiger partial charge in [-0.3, -0.25) is 14.4 Å². The fraction of sp³-hybridized carbons (Fsp3) is 0.800. The van der Waals surface area contributed by atoms with Crippen LogP contribution in [0.4, 0.5) is 4.39 Å². The largest absolute Gasteiger partial charge is 0.456 e. The lowest BCUT2D eigenvalue weighted by Gasteiger charge is -2.43. The SMILES string of the molecule is CCCCC(=O)N[C@@H]1[C@@H](OC(C)=O)[C@H](OC(C)=O)[C@@H](CF)O[C@@H]1O. The molecule has 24 heavy (non-hydrogen) atoms. The molecular weight excluding hydrogens is 325 g/mol. The van der Waals surface area contributed by atoms with Gasteiger partial charge in [0.25, 0.3) is 0 Å². The van der Waals surface area contributed by atoms with E-state index in [9.17, 15) is 23.9 Å². The van der Waals surface area contributed by atoms with Crippen LogP contribution < -0.4 is 5.32 Å². The van der Waals surface area contributed by atoms with Gasteiger partial charge in [0.15, 0.2) is 18.5 Å². The Morgan fingerprint density at radius 3 is 2.25 bits per heavy atom. The van der Waals surface area contributed by atoms with E-state index in [-0.39, 0.29) is 12.3 Å². The molecule has 1 fully saturated rings. The van der Waals surface area contributed by atoms with E-state index in [0.29, 0.717) is 6.42 Å². The summed E-state index contributed by atoms with van der Waals surface area (Å²) in [5.74, 6) is -1.84. The highest BCUT2D eigenvalue weighted by molar-refractivity contribution is 5.76. The maximum absolute atomic E-state index is 13.2. The molecule has 0 aromatic carbocycles. The Morgan fingerprint density at radius 2 is 1.75 bits per heavy atom. The van der Waals surface area contributed by atoms with E-state index in [4.69, 9.17) is 14.2 Å². The minimum atomic E-state index is -1.60. The molecule has 1 aliphatic rings. The highest BCUT2D eigenvalue weighted by atomic mass is 19.1. The van der Waals surface area contributed by atoms with Gasteiger partial charge in [0.2, 0.25) is 5.91 Å². The normalized spacial score (nSPS) is 29.6. The Morgan fingerprint density at radius 1 is 1.17 bits per heavy atom. The second-order valence-corrected chi connectivity index (χ2v) is 5.56. The summed E-state index contributed by atoms with van der Waals surface area (Å²) in [6.07, 6.45) is -3.82. The van der Waals surface area contributed by atoms with Crippen LogP contribution in [0.25, 0.3) is 0 Å². The van der Waals surface area contributed by atoms with E-state index in [1.165, 1.54) is 0 Å². The van der Waals surface area contributed by atoms with Gasteiger partial charge in [0.1, 0.15) is 18.8 Å². The fourth-order valence-corrected chi connectivity index (χ4v) is 2.46. The van der Waals surface area contributed by atoms with Crippen molar-refractivity contribution in [3.05, 3.63) is 0 Å². The summed E-state index contributed by atoms with van der Waals surface area (Å²) < 4.78 is 28.3. The molecule has 1 rings (SSSR count). The molecule has 1 saturated heterocycles. The monoisotopic (exact) mass is 349 g/mol. The molecule has 0 unspecified atom stereocenters. The highest BCUT2D eigenvalue weighted by Gasteiger charge is 2.50. The molecule has 5 atom stereocenters.